The molecule has 3 N–H and O–H groups in total. The number of carbonyl (C=O) groups excluding carboxylic acids is 1. The van der Waals surface area contributed by atoms with E-state index < -0.39 is 5.60 Å². The van der Waals surface area contributed by atoms with Gasteiger partial charge in [-0.3, -0.25) is 0 Å². The molecular weight excluding hydrogens is 376 g/mol. The van der Waals surface area contributed by atoms with Crippen molar-refractivity contribution in [1.82, 2.24) is 10.6 Å². The van der Waals surface area contributed by atoms with Crippen LogP contribution in [0.15, 0.2) is 84.9 Å². The Morgan fingerprint density at radius 2 is 1.47 bits per heavy atom. The van der Waals surface area contributed by atoms with Crippen molar-refractivity contribution in [2.45, 2.75) is 25.0 Å². The number of urea groups is 1. The highest BCUT2D eigenvalue weighted by molar-refractivity contribution is 5.75. The van der Waals surface area contributed by atoms with E-state index in [9.17, 15) is 9.90 Å². The molecule has 0 radical (unpaired) electrons. The maximum Gasteiger partial charge on any atom is 0.315 e. The molecule has 0 heterocycles. The van der Waals surface area contributed by atoms with Crippen LogP contribution in [0.25, 0.3) is 0 Å². The highest BCUT2D eigenvalue weighted by atomic mass is 16.5. The summed E-state index contributed by atoms with van der Waals surface area (Å²) in [4.78, 5) is 12.6. The number of nitrogens with one attached hydrogen (secondary N) is 2. The lowest BCUT2D eigenvalue weighted by Crippen LogP contribution is -2.46. The van der Waals surface area contributed by atoms with E-state index in [1.165, 1.54) is 0 Å². The Balaban J connectivity index is 1.62. The fourth-order valence-electron chi connectivity index (χ4n) is 3.35. The fourth-order valence-corrected chi connectivity index (χ4v) is 3.35. The van der Waals surface area contributed by atoms with Crippen LogP contribution in [-0.4, -0.2) is 30.4 Å². The van der Waals surface area contributed by atoms with Crippen molar-refractivity contribution < 1.29 is 14.6 Å². The van der Waals surface area contributed by atoms with Crippen LogP contribution in [0.4, 0.5) is 4.79 Å². The van der Waals surface area contributed by atoms with Gasteiger partial charge in [-0.15, -0.1) is 0 Å². The number of aliphatic hydroxyl groups is 1. The predicted octanol–water partition coefficient (Wildman–Crippen LogP) is 4.08. The highest BCUT2D eigenvalue weighted by Gasteiger charge is 2.23. The molecule has 0 fully saturated rings. The van der Waals surface area contributed by atoms with Gasteiger partial charge < -0.3 is 20.5 Å². The van der Waals surface area contributed by atoms with Crippen LogP contribution in [0.2, 0.25) is 0 Å². The molecule has 0 saturated heterocycles. The van der Waals surface area contributed by atoms with E-state index in [1.807, 2.05) is 84.9 Å². The van der Waals surface area contributed by atoms with Crippen molar-refractivity contribution in [1.29, 1.82) is 0 Å². The van der Waals surface area contributed by atoms with Gasteiger partial charge in [0.1, 0.15) is 5.75 Å². The average Bonchev–Trinajstić information content (AvgIpc) is 2.77. The van der Waals surface area contributed by atoms with Gasteiger partial charge in [-0.25, -0.2) is 4.79 Å². The third kappa shape index (κ3) is 6.09. The van der Waals surface area contributed by atoms with E-state index in [0.29, 0.717) is 6.42 Å². The fraction of sp³-hybridized carbons (Fsp3) is 0.240. The zero-order valence-electron chi connectivity index (χ0n) is 17.3. The van der Waals surface area contributed by atoms with E-state index in [0.717, 1.165) is 22.4 Å². The topological polar surface area (TPSA) is 70.6 Å². The molecule has 1 atom stereocenters. The Morgan fingerprint density at radius 3 is 1.97 bits per heavy atom. The van der Waals surface area contributed by atoms with E-state index in [-0.39, 0.29) is 18.6 Å². The number of amides is 2. The minimum atomic E-state index is -1.08. The summed E-state index contributed by atoms with van der Waals surface area (Å²) in [7, 11) is 1.62. The van der Waals surface area contributed by atoms with E-state index in [2.05, 4.69) is 10.6 Å². The summed E-state index contributed by atoms with van der Waals surface area (Å²) >= 11 is 0. The molecule has 0 aliphatic rings. The van der Waals surface area contributed by atoms with Crippen LogP contribution in [0, 0.1) is 0 Å². The predicted molar refractivity (Wildman–Crippen MR) is 119 cm³/mol. The number of methoxy groups -OCH3 is 1. The van der Waals surface area contributed by atoms with Crippen LogP contribution in [0.3, 0.4) is 0 Å². The summed E-state index contributed by atoms with van der Waals surface area (Å²) in [6, 6.07) is 26.6. The van der Waals surface area contributed by atoms with Crippen molar-refractivity contribution in [3.05, 3.63) is 102 Å². The Hall–Kier alpha value is -3.31. The standard InChI is InChI=1S/C25H28N2O3/c1-25(29,17-19-13-15-22(30-2)16-14-19)18-26-24(28)27-23(20-9-5-3-6-10-20)21-11-7-4-8-12-21/h3-16,23,29H,17-18H2,1-2H3,(H2,26,27,28)/t25-/m0/s1. The summed E-state index contributed by atoms with van der Waals surface area (Å²) in [5.74, 6) is 0.767. The summed E-state index contributed by atoms with van der Waals surface area (Å²) in [5.41, 5.74) is 1.86. The molecule has 0 aromatic heterocycles. The Kier molecular flexibility index (Phi) is 7.09. The molecule has 3 aromatic rings. The first kappa shape index (κ1) is 21.4. The SMILES string of the molecule is COc1ccc(C[C@](C)(O)CNC(=O)NC(c2ccccc2)c2ccccc2)cc1. The third-order valence-corrected chi connectivity index (χ3v) is 4.92. The first-order valence-electron chi connectivity index (χ1n) is 9.96. The zero-order chi connectivity index (χ0) is 21.4. The molecule has 3 rings (SSSR count). The quantitative estimate of drug-likeness (QED) is 0.530. The molecular formula is C25H28N2O3. The summed E-state index contributed by atoms with van der Waals surface area (Å²) < 4.78 is 5.16. The van der Waals surface area contributed by atoms with Gasteiger partial charge in [0, 0.05) is 13.0 Å². The van der Waals surface area contributed by atoms with Crippen LogP contribution in [-0.2, 0) is 6.42 Å². The van der Waals surface area contributed by atoms with Gasteiger partial charge in [0.2, 0.25) is 0 Å². The number of carbonyl (C=O) groups is 1. The first-order valence-corrected chi connectivity index (χ1v) is 9.96. The molecule has 30 heavy (non-hydrogen) atoms. The molecule has 0 spiro atoms. The minimum Gasteiger partial charge on any atom is -0.497 e. The van der Waals surface area contributed by atoms with Gasteiger partial charge >= 0.3 is 6.03 Å². The van der Waals surface area contributed by atoms with Gasteiger partial charge in [0.05, 0.1) is 18.8 Å². The van der Waals surface area contributed by atoms with Crippen LogP contribution in [0.5, 0.6) is 5.75 Å². The Bertz CT molecular complexity index is 886. The number of rotatable bonds is 8. The second-order valence-corrected chi connectivity index (χ2v) is 7.60. The van der Waals surface area contributed by atoms with Crippen LogP contribution < -0.4 is 15.4 Å². The van der Waals surface area contributed by atoms with Gasteiger partial charge in [-0.05, 0) is 35.7 Å². The lowest BCUT2D eigenvalue weighted by molar-refractivity contribution is 0.0623. The maximum absolute atomic E-state index is 12.6. The molecule has 0 saturated carbocycles. The molecule has 5 heteroatoms. The molecule has 2 amide bonds. The number of ether oxygens (including phenoxy) is 1. The van der Waals surface area contributed by atoms with Gasteiger partial charge in [0.25, 0.3) is 0 Å². The summed E-state index contributed by atoms with van der Waals surface area (Å²) in [6.07, 6.45) is 0.415. The van der Waals surface area contributed by atoms with Crippen molar-refractivity contribution in [2.75, 3.05) is 13.7 Å². The van der Waals surface area contributed by atoms with Gasteiger partial charge in [-0.2, -0.15) is 0 Å². The van der Waals surface area contributed by atoms with Gasteiger partial charge in [0.15, 0.2) is 0 Å². The average molecular weight is 405 g/mol. The molecule has 0 aliphatic carbocycles. The summed E-state index contributed by atoms with van der Waals surface area (Å²) in [5, 5.41) is 16.6. The molecule has 3 aromatic carbocycles. The van der Waals surface area contributed by atoms with Crippen molar-refractivity contribution >= 4 is 6.03 Å². The van der Waals surface area contributed by atoms with Crippen molar-refractivity contribution in [3.63, 3.8) is 0 Å². The van der Waals surface area contributed by atoms with Crippen LogP contribution >= 0.6 is 0 Å². The van der Waals surface area contributed by atoms with Crippen molar-refractivity contribution in [3.8, 4) is 5.75 Å². The largest absolute Gasteiger partial charge is 0.497 e. The summed E-state index contributed by atoms with van der Waals surface area (Å²) in [6.45, 7) is 1.84. The monoisotopic (exact) mass is 404 g/mol. The van der Waals surface area contributed by atoms with Crippen LogP contribution in [0.1, 0.15) is 29.7 Å². The number of hydrogen-bond donors (Lipinski definition) is 3. The maximum atomic E-state index is 12.6. The Morgan fingerprint density at radius 1 is 0.933 bits per heavy atom. The molecule has 0 aliphatic heterocycles. The number of hydrogen-bond acceptors (Lipinski definition) is 3. The second kappa shape index (κ2) is 9.94. The van der Waals surface area contributed by atoms with Gasteiger partial charge in [-0.1, -0.05) is 72.8 Å². The molecule has 156 valence electrons. The normalized spacial score (nSPS) is 12.8. The minimum absolute atomic E-state index is 0.126. The van der Waals surface area contributed by atoms with E-state index >= 15 is 0 Å². The lowest BCUT2D eigenvalue weighted by atomic mass is 9.96. The molecule has 5 nitrogen and oxygen atoms in total. The van der Waals surface area contributed by atoms with E-state index in [1.54, 1.807) is 14.0 Å². The van der Waals surface area contributed by atoms with Crippen molar-refractivity contribution in [2.24, 2.45) is 0 Å². The smallest absolute Gasteiger partial charge is 0.315 e. The lowest BCUT2D eigenvalue weighted by Gasteiger charge is -2.25. The van der Waals surface area contributed by atoms with E-state index in [4.69, 9.17) is 4.74 Å². The number of benzene rings is 3. The molecule has 0 unspecified atom stereocenters. The first-order chi connectivity index (χ1) is 14.5. The third-order valence-electron chi connectivity index (χ3n) is 4.92. The second-order valence-electron chi connectivity index (χ2n) is 7.60. The zero-order valence-corrected chi connectivity index (χ0v) is 17.3. The molecule has 0 bridgehead atoms. The highest BCUT2D eigenvalue weighted by Crippen LogP contribution is 2.22. The Labute approximate surface area is 177 Å².